The molecule has 1 aliphatic heterocycles. The number of benzene rings is 2. The van der Waals surface area contributed by atoms with E-state index < -0.39 is 0 Å². The number of nitrogens with two attached hydrogens (primary N) is 1. The average molecular weight is 336 g/mol. The number of nitrogens with zero attached hydrogens (tertiary/aromatic N) is 2. The van der Waals surface area contributed by atoms with Gasteiger partial charge in [0, 0.05) is 12.0 Å². The third-order valence-corrected chi connectivity index (χ3v) is 4.10. The van der Waals surface area contributed by atoms with E-state index in [1.807, 2.05) is 30.3 Å². The van der Waals surface area contributed by atoms with Crippen LogP contribution in [0.5, 0.6) is 11.5 Å². The van der Waals surface area contributed by atoms with Crippen molar-refractivity contribution in [2.24, 2.45) is 10.7 Å². The average Bonchev–Trinajstić information content (AvgIpc) is 2.66. The van der Waals surface area contributed by atoms with Crippen molar-refractivity contribution < 1.29 is 9.47 Å². The lowest BCUT2D eigenvalue weighted by atomic mass is 10.0. The number of nitriles is 1. The molecule has 3 rings (SSSR count). The number of fused-ring (bicyclic) bond motifs is 1. The second-order valence-electron chi connectivity index (χ2n) is 5.72. The summed E-state index contributed by atoms with van der Waals surface area (Å²) in [6.07, 6.45) is 0.831. The Labute approximate surface area is 146 Å². The SMILES string of the molecule is COc1cc(CN=C(N)NC2CCOc3ccccc32)ccc1C#N. The molecule has 1 unspecified atom stereocenters. The summed E-state index contributed by atoms with van der Waals surface area (Å²) in [7, 11) is 1.54. The van der Waals surface area contributed by atoms with Gasteiger partial charge in [-0.15, -0.1) is 0 Å². The van der Waals surface area contributed by atoms with Crippen LogP contribution in [-0.4, -0.2) is 19.7 Å². The summed E-state index contributed by atoms with van der Waals surface area (Å²) in [5, 5.41) is 12.3. The van der Waals surface area contributed by atoms with Gasteiger partial charge in [-0.1, -0.05) is 24.3 Å². The van der Waals surface area contributed by atoms with Crippen molar-refractivity contribution in [3.8, 4) is 17.6 Å². The minimum absolute atomic E-state index is 0.0872. The van der Waals surface area contributed by atoms with Gasteiger partial charge in [0.05, 0.1) is 31.9 Å². The molecule has 2 aromatic carbocycles. The van der Waals surface area contributed by atoms with Crippen LogP contribution < -0.4 is 20.5 Å². The fourth-order valence-electron chi connectivity index (χ4n) is 2.82. The molecule has 2 aromatic rings. The van der Waals surface area contributed by atoms with E-state index in [2.05, 4.69) is 16.4 Å². The van der Waals surface area contributed by atoms with E-state index in [9.17, 15) is 0 Å². The molecule has 0 bridgehead atoms. The molecule has 25 heavy (non-hydrogen) atoms. The first-order valence-corrected chi connectivity index (χ1v) is 8.06. The number of nitrogens with one attached hydrogen (secondary N) is 1. The Kier molecular flexibility index (Phi) is 5.05. The molecule has 0 spiro atoms. The zero-order chi connectivity index (χ0) is 17.6. The van der Waals surface area contributed by atoms with Gasteiger partial charge in [0.15, 0.2) is 5.96 Å². The highest BCUT2D eigenvalue weighted by Crippen LogP contribution is 2.31. The van der Waals surface area contributed by atoms with E-state index in [1.165, 1.54) is 0 Å². The second-order valence-corrected chi connectivity index (χ2v) is 5.72. The summed E-state index contributed by atoms with van der Waals surface area (Å²) >= 11 is 0. The standard InChI is InChI=1S/C19H20N4O2/c1-24-18-10-13(6-7-14(18)11-20)12-22-19(21)23-16-8-9-25-17-5-3-2-4-15(16)17/h2-7,10,16H,8-9,12H2,1H3,(H3,21,22,23). The van der Waals surface area contributed by atoms with Gasteiger partial charge in [0.25, 0.3) is 0 Å². The number of para-hydroxylation sites is 1. The lowest BCUT2D eigenvalue weighted by Gasteiger charge is -2.26. The van der Waals surface area contributed by atoms with E-state index >= 15 is 0 Å². The van der Waals surface area contributed by atoms with E-state index in [0.29, 0.717) is 30.4 Å². The number of hydrogen-bond acceptors (Lipinski definition) is 4. The molecule has 1 aliphatic rings. The molecule has 3 N–H and O–H groups in total. The van der Waals surface area contributed by atoms with Crippen LogP contribution in [-0.2, 0) is 6.54 Å². The molecule has 1 heterocycles. The van der Waals surface area contributed by atoms with Gasteiger partial charge in [-0.3, -0.25) is 0 Å². The fourth-order valence-corrected chi connectivity index (χ4v) is 2.82. The van der Waals surface area contributed by atoms with Crippen LogP contribution in [0.15, 0.2) is 47.5 Å². The Morgan fingerprint density at radius 3 is 3.04 bits per heavy atom. The molecule has 0 fully saturated rings. The van der Waals surface area contributed by atoms with Crippen molar-refractivity contribution in [3.05, 3.63) is 59.2 Å². The minimum Gasteiger partial charge on any atom is -0.495 e. The largest absolute Gasteiger partial charge is 0.495 e. The van der Waals surface area contributed by atoms with Crippen LogP contribution >= 0.6 is 0 Å². The van der Waals surface area contributed by atoms with E-state index in [1.54, 1.807) is 19.2 Å². The normalized spacial score (nSPS) is 16.3. The summed E-state index contributed by atoms with van der Waals surface area (Å²) in [6.45, 7) is 1.06. The van der Waals surface area contributed by atoms with Gasteiger partial charge in [0.1, 0.15) is 17.6 Å². The third-order valence-electron chi connectivity index (χ3n) is 4.10. The number of rotatable bonds is 4. The number of methoxy groups -OCH3 is 1. The van der Waals surface area contributed by atoms with E-state index in [4.69, 9.17) is 20.5 Å². The maximum absolute atomic E-state index is 9.02. The zero-order valence-corrected chi connectivity index (χ0v) is 14.0. The molecule has 0 aliphatic carbocycles. The quantitative estimate of drug-likeness (QED) is 0.661. The summed E-state index contributed by atoms with van der Waals surface area (Å²) in [5.41, 5.74) is 8.56. The molecule has 6 nitrogen and oxygen atoms in total. The molecule has 1 atom stereocenters. The molecule has 0 aromatic heterocycles. The number of hydrogen-bond donors (Lipinski definition) is 2. The van der Waals surface area contributed by atoms with Gasteiger partial charge >= 0.3 is 0 Å². The zero-order valence-electron chi connectivity index (χ0n) is 14.0. The summed E-state index contributed by atoms with van der Waals surface area (Å²) in [6, 6.07) is 15.5. The smallest absolute Gasteiger partial charge is 0.189 e. The summed E-state index contributed by atoms with van der Waals surface area (Å²) in [5.74, 6) is 1.81. The Bertz CT molecular complexity index is 826. The topological polar surface area (TPSA) is 92.7 Å². The van der Waals surface area contributed by atoms with Gasteiger partial charge < -0.3 is 20.5 Å². The number of guanidine groups is 1. The molecular formula is C19H20N4O2. The van der Waals surface area contributed by atoms with E-state index in [-0.39, 0.29) is 6.04 Å². The van der Waals surface area contributed by atoms with Crippen molar-refractivity contribution in [2.75, 3.05) is 13.7 Å². The Balaban J connectivity index is 1.68. The second kappa shape index (κ2) is 7.58. The van der Waals surface area contributed by atoms with Gasteiger partial charge in [-0.25, -0.2) is 4.99 Å². The lowest BCUT2D eigenvalue weighted by molar-refractivity contribution is 0.262. The maximum Gasteiger partial charge on any atom is 0.189 e. The van der Waals surface area contributed by atoms with Crippen LogP contribution in [0.3, 0.4) is 0 Å². The summed E-state index contributed by atoms with van der Waals surface area (Å²) < 4.78 is 10.9. The van der Waals surface area contributed by atoms with Crippen molar-refractivity contribution in [1.82, 2.24) is 5.32 Å². The Morgan fingerprint density at radius 1 is 1.40 bits per heavy atom. The minimum atomic E-state index is 0.0872. The fraction of sp³-hybridized carbons (Fsp3) is 0.263. The Morgan fingerprint density at radius 2 is 2.24 bits per heavy atom. The maximum atomic E-state index is 9.02. The van der Waals surface area contributed by atoms with Crippen molar-refractivity contribution >= 4 is 5.96 Å². The predicted octanol–water partition coefficient (Wildman–Crippen LogP) is 2.49. The van der Waals surface area contributed by atoms with Crippen LogP contribution in [0.2, 0.25) is 0 Å². The van der Waals surface area contributed by atoms with Gasteiger partial charge in [0.2, 0.25) is 0 Å². The molecule has 0 radical (unpaired) electrons. The highest BCUT2D eigenvalue weighted by Gasteiger charge is 2.21. The number of aliphatic imine (C=N–C) groups is 1. The molecule has 128 valence electrons. The van der Waals surface area contributed by atoms with Crippen LogP contribution in [0, 0.1) is 11.3 Å². The predicted molar refractivity (Wildman–Crippen MR) is 95.5 cm³/mol. The van der Waals surface area contributed by atoms with Crippen LogP contribution in [0.1, 0.15) is 29.2 Å². The lowest BCUT2D eigenvalue weighted by Crippen LogP contribution is -2.37. The van der Waals surface area contributed by atoms with Crippen molar-refractivity contribution in [2.45, 2.75) is 19.0 Å². The first-order valence-electron chi connectivity index (χ1n) is 8.06. The van der Waals surface area contributed by atoms with E-state index in [0.717, 1.165) is 23.3 Å². The van der Waals surface area contributed by atoms with Crippen molar-refractivity contribution in [1.29, 1.82) is 5.26 Å². The molecule has 0 amide bonds. The molecule has 0 saturated carbocycles. The summed E-state index contributed by atoms with van der Waals surface area (Å²) in [4.78, 5) is 4.40. The highest BCUT2D eigenvalue weighted by atomic mass is 16.5. The molecule has 0 saturated heterocycles. The van der Waals surface area contributed by atoms with Crippen LogP contribution in [0.25, 0.3) is 0 Å². The van der Waals surface area contributed by atoms with Crippen LogP contribution in [0.4, 0.5) is 0 Å². The first-order chi connectivity index (χ1) is 12.2. The monoisotopic (exact) mass is 336 g/mol. The Hall–Kier alpha value is -3.20. The molecule has 6 heteroatoms. The highest BCUT2D eigenvalue weighted by molar-refractivity contribution is 5.78. The van der Waals surface area contributed by atoms with Gasteiger partial charge in [-0.05, 0) is 23.8 Å². The third kappa shape index (κ3) is 3.83. The molecular weight excluding hydrogens is 316 g/mol. The van der Waals surface area contributed by atoms with Crippen molar-refractivity contribution in [3.63, 3.8) is 0 Å². The number of ether oxygens (including phenoxy) is 2. The van der Waals surface area contributed by atoms with Gasteiger partial charge in [-0.2, -0.15) is 5.26 Å². The first kappa shape index (κ1) is 16.7.